The Morgan fingerprint density at radius 2 is 1.71 bits per heavy atom. The summed E-state index contributed by atoms with van der Waals surface area (Å²) < 4.78 is 32.1. The molecule has 2 aromatic rings. The van der Waals surface area contributed by atoms with Crippen molar-refractivity contribution >= 4 is 11.6 Å². The van der Waals surface area contributed by atoms with Crippen LogP contribution < -0.4 is 10.1 Å². The Bertz CT molecular complexity index is 606. The molecular formula is C16H15F2NO2. The number of para-hydroxylation sites is 1. The summed E-state index contributed by atoms with van der Waals surface area (Å²) in [5, 5.41) is 2.25. The van der Waals surface area contributed by atoms with E-state index in [1.165, 1.54) is 6.07 Å². The van der Waals surface area contributed by atoms with E-state index in [-0.39, 0.29) is 6.42 Å². The number of carbonyl (C=O) groups excluding carboxylic acids is 1. The largest absolute Gasteiger partial charge is 0.494 e. The van der Waals surface area contributed by atoms with Gasteiger partial charge < -0.3 is 10.1 Å². The molecule has 0 aliphatic rings. The number of carbonyl (C=O) groups is 1. The van der Waals surface area contributed by atoms with Crippen LogP contribution >= 0.6 is 0 Å². The summed E-state index contributed by atoms with van der Waals surface area (Å²) in [7, 11) is 0. The molecule has 0 aliphatic carbocycles. The SMILES string of the molecule is CCOc1ccc(CC(=O)Nc2c(F)cccc2F)cc1. The molecule has 0 saturated heterocycles. The van der Waals surface area contributed by atoms with Crippen molar-refractivity contribution in [3.05, 3.63) is 59.7 Å². The number of halogens is 2. The fraction of sp³-hybridized carbons (Fsp3) is 0.188. The molecule has 0 fully saturated rings. The minimum Gasteiger partial charge on any atom is -0.494 e. The predicted molar refractivity (Wildman–Crippen MR) is 76.3 cm³/mol. The first-order valence-electron chi connectivity index (χ1n) is 6.55. The molecule has 1 N–H and O–H groups in total. The number of rotatable bonds is 5. The highest BCUT2D eigenvalue weighted by molar-refractivity contribution is 5.92. The number of anilines is 1. The van der Waals surface area contributed by atoms with E-state index < -0.39 is 23.2 Å². The van der Waals surface area contributed by atoms with Gasteiger partial charge in [-0.3, -0.25) is 4.79 Å². The van der Waals surface area contributed by atoms with E-state index in [9.17, 15) is 13.6 Å². The number of nitrogens with one attached hydrogen (secondary N) is 1. The highest BCUT2D eigenvalue weighted by atomic mass is 19.1. The van der Waals surface area contributed by atoms with Gasteiger partial charge in [0, 0.05) is 0 Å². The zero-order chi connectivity index (χ0) is 15.2. The number of amides is 1. The maximum atomic E-state index is 13.4. The van der Waals surface area contributed by atoms with E-state index in [0.29, 0.717) is 12.4 Å². The van der Waals surface area contributed by atoms with Gasteiger partial charge in [0.2, 0.25) is 5.91 Å². The second-order valence-electron chi connectivity index (χ2n) is 4.40. The third-order valence-electron chi connectivity index (χ3n) is 2.83. The van der Waals surface area contributed by atoms with Crippen molar-refractivity contribution in [3.8, 4) is 5.75 Å². The van der Waals surface area contributed by atoms with Crippen LogP contribution in [0.2, 0.25) is 0 Å². The molecule has 0 bridgehead atoms. The highest BCUT2D eigenvalue weighted by Gasteiger charge is 2.12. The van der Waals surface area contributed by atoms with Crippen LogP contribution in [-0.2, 0) is 11.2 Å². The minimum absolute atomic E-state index is 0.0280. The van der Waals surface area contributed by atoms with Gasteiger partial charge in [0.25, 0.3) is 0 Å². The molecule has 2 rings (SSSR count). The summed E-state index contributed by atoms with van der Waals surface area (Å²) in [6, 6.07) is 10.4. The summed E-state index contributed by atoms with van der Waals surface area (Å²) in [5.74, 6) is -1.37. The molecule has 1 amide bonds. The van der Waals surface area contributed by atoms with Crippen LogP contribution in [0.4, 0.5) is 14.5 Å². The number of benzene rings is 2. The van der Waals surface area contributed by atoms with Gasteiger partial charge in [-0.15, -0.1) is 0 Å². The lowest BCUT2D eigenvalue weighted by Gasteiger charge is -2.08. The first-order chi connectivity index (χ1) is 10.1. The first kappa shape index (κ1) is 15.0. The topological polar surface area (TPSA) is 38.3 Å². The summed E-state index contributed by atoms with van der Waals surface area (Å²) in [6.07, 6.45) is 0.0280. The summed E-state index contributed by atoms with van der Waals surface area (Å²) in [6.45, 7) is 2.44. The van der Waals surface area contributed by atoms with E-state index in [1.807, 2.05) is 6.92 Å². The fourth-order valence-electron chi connectivity index (χ4n) is 1.86. The molecule has 0 aliphatic heterocycles. The Labute approximate surface area is 121 Å². The summed E-state index contributed by atoms with van der Waals surface area (Å²) >= 11 is 0. The van der Waals surface area contributed by atoms with Gasteiger partial charge in [0.05, 0.1) is 13.0 Å². The van der Waals surface area contributed by atoms with Crippen molar-refractivity contribution in [2.24, 2.45) is 0 Å². The van der Waals surface area contributed by atoms with Gasteiger partial charge in [-0.2, -0.15) is 0 Å². The van der Waals surface area contributed by atoms with Gasteiger partial charge >= 0.3 is 0 Å². The van der Waals surface area contributed by atoms with Crippen molar-refractivity contribution < 1.29 is 18.3 Å². The molecule has 0 atom stereocenters. The van der Waals surface area contributed by atoms with Crippen LogP contribution in [0.5, 0.6) is 5.75 Å². The van der Waals surface area contributed by atoms with Crippen LogP contribution in [0.15, 0.2) is 42.5 Å². The molecule has 21 heavy (non-hydrogen) atoms. The molecule has 0 aromatic heterocycles. The second-order valence-corrected chi connectivity index (χ2v) is 4.40. The molecule has 3 nitrogen and oxygen atoms in total. The molecule has 2 aromatic carbocycles. The number of hydrogen-bond donors (Lipinski definition) is 1. The van der Waals surface area contributed by atoms with Gasteiger partial charge in [-0.1, -0.05) is 18.2 Å². The lowest BCUT2D eigenvalue weighted by molar-refractivity contribution is -0.115. The monoisotopic (exact) mass is 291 g/mol. The van der Waals surface area contributed by atoms with Crippen molar-refractivity contribution in [2.75, 3.05) is 11.9 Å². The summed E-state index contributed by atoms with van der Waals surface area (Å²) in [4.78, 5) is 11.8. The Morgan fingerprint density at radius 3 is 2.29 bits per heavy atom. The lowest BCUT2D eigenvalue weighted by atomic mass is 10.1. The Morgan fingerprint density at radius 1 is 1.10 bits per heavy atom. The van der Waals surface area contributed by atoms with Gasteiger partial charge in [-0.05, 0) is 36.8 Å². The molecule has 0 unspecified atom stereocenters. The van der Waals surface area contributed by atoms with Crippen LogP contribution in [0, 0.1) is 11.6 Å². The highest BCUT2D eigenvalue weighted by Crippen LogP contribution is 2.18. The summed E-state index contributed by atoms with van der Waals surface area (Å²) in [5.41, 5.74) is 0.307. The Kier molecular flexibility index (Phi) is 4.87. The maximum Gasteiger partial charge on any atom is 0.228 e. The third kappa shape index (κ3) is 4.02. The molecule has 110 valence electrons. The van der Waals surface area contributed by atoms with E-state index in [0.717, 1.165) is 17.7 Å². The van der Waals surface area contributed by atoms with Gasteiger partial charge in [0.15, 0.2) is 0 Å². The smallest absolute Gasteiger partial charge is 0.228 e. The average Bonchev–Trinajstić information content (AvgIpc) is 2.45. The van der Waals surface area contributed by atoms with Crippen molar-refractivity contribution in [1.82, 2.24) is 0 Å². The lowest BCUT2D eigenvalue weighted by Crippen LogP contribution is -2.16. The number of ether oxygens (including phenoxy) is 1. The zero-order valence-electron chi connectivity index (χ0n) is 11.5. The van der Waals surface area contributed by atoms with E-state index >= 15 is 0 Å². The van der Waals surface area contributed by atoms with Crippen LogP contribution in [-0.4, -0.2) is 12.5 Å². The minimum atomic E-state index is -0.796. The maximum absolute atomic E-state index is 13.4. The average molecular weight is 291 g/mol. The van der Waals surface area contributed by atoms with E-state index in [4.69, 9.17) is 4.74 Å². The van der Waals surface area contributed by atoms with Crippen molar-refractivity contribution in [2.45, 2.75) is 13.3 Å². The van der Waals surface area contributed by atoms with Crippen LogP contribution in [0.3, 0.4) is 0 Å². The van der Waals surface area contributed by atoms with Crippen LogP contribution in [0.25, 0.3) is 0 Å². The zero-order valence-corrected chi connectivity index (χ0v) is 11.5. The van der Waals surface area contributed by atoms with Gasteiger partial charge in [-0.25, -0.2) is 8.78 Å². The first-order valence-corrected chi connectivity index (χ1v) is 6.55. The second kappa shape index (κ2) is 6.83. The molecule has 0 spiro atoms. The molecular weight excluding hydrogens is 276 g/mol. The van der Waals surface area contributed by atoms with Gasteiger partial charge in [0.1, 0.15) is 23.1 Å². The predicted octanol–water partition coefficient (Wildman–Crippen LogP) is 3.54. The fourth-order valence-corrected chi connectivity index (χ4v) is 1.86. The standard InChI is InChI=1S/C16H15F2NO2/c1-2-21-12-8-6-11(7-9-12)10-15(20)19-16-13(17)4-3-5-14(16)18/h3-9H,2,10H2,1H3,(H,19,20). The molecule has 5 heteroatoms. The van der Waals surface area contributed by atoms with E-state index in [2.05, 4.69) is 5.32 Å². The number of hydrogen-bond acceptors (Lipinski definition) is 2. The van der Waals surface area contributed by atoms with E-state index in [1.54, 1.807) is 24.3 Å². The van der Waals surface area contributed by atoms with Crippen molar-refractivity contribution in [3.63, 3.8) is 0 Å². The van der Waals surface area contributed by atoms with Crippen LogP contribution in [0.1, 0.15) is 12.5 Å². The van der Waals surface area contributed by atoms with Crippen molar-refractivity contribution in [1.29, 1.82) is 0 Å². The third-order valence-corrected chi connectivity index (χ3v) is 2.83. The quantitative estimate of drug-likeness (QED) is 0.915. The Balaban J connectivity index is 2.01. The normalized spacial score (nSPS) is 10.2. The Hall–Kier alpha value is -2.43. The molecule has 0 heterocycles. The molecule has 0 radical (unpaired) electrons. The molecule has 0 saturated carbocycles.